The maximum absolute atomic E-state index is 5.24. The number of hydrogen-bond acceptors (Lipinski definition) is 4. The average molecular weight is 224 g/mol. The van der Waals surface area contributed by atoms with Crippen LogP contribution in [0.2, 0.25) is 0 Å². The number of thiazole rings is 1. The summed E-state index contributed by atoms with van der Waals surface area (Å²) in [6, 6.07) is 5.76. The molecule has 0 amide bonds. The first kappa shape index (κ1) is 9.36. The highest BCUT2D eigenvalue weighted by Crippen LogP contribution is 2.24. The molecular weight excluding hydrogens is 216 g/mol. The third-order valence-corrected chi connectivity index (χ3v) is 2.88. The van der Waals surface area contributed by atoms with E-state index in [4.69, 9.17) is 17.0 Å². The molecule has 1 heterocycles. The second-order valence-electron chi connectivity index (χ2n) is 2.65. The van der Waals surface area contributed by atoms with E-state index in [9.17, 15) is 0 Å². The van der Waals surface area contributed by atoms with Crippen LogP contribution in [0, 0.1) is 3.95 Å². The molecule has 0 fully saturated rings. The largest absolute Gasteiger partial charge is 0.446 e. The van der Waals surface area contributed by atoms with Gasteiger partial charge in [0.05, 0.1) is 10.2 Å². The number of aliphatic imine (C=N–C) groups is 1. The molecule has 0 aliphatic carbocycles. The SMILES string of the molecule is CN=COc1ccc2[nH]c(=S)sc2c1. The van der Waals surface area contributed by atoms with E-state index in [-0.39, 0.29) is 0 Å². The molecule has 0 saturated heterocycles. The molecule has 1 aromatic carbocycles. The molecule has 14 heavy (non-hydrogen) atoms. The highest BCUT2D eigenvalue weighted by molar-refractivity contribution is 7.73. The zero-order valence-electron chi connectivity index (χ0n) is 7.48. The Morgan fingerprint density at radius 3 is 3.21 bits per heavy atom. The maximum atomic E-state index is 5.24. The van der Waals surface area contributed by atoms with Gasteiger partial charge in [0.25, 0.3) is 0 Å². The molecule has 2 rings (SSSR count). The fourth-order valence-corrected chi connectivity index (χ4v) is 2.26. The first-order chi connectivity index (χ1) is 6.79. The molecule has 2 aromatic rings. The molecule has 0 aliphatic heterocycles. The summed E-state index contributed by atoms with van der Waals surface area (Å²) in [7, 11) is 1.67. The second-order valence-corrected chi connectivity index (χ2v) is 4.37. The van der Waals surface area contributed by atoms with Crippen molar-refractivity contribution < 1.29 is 4.74 Å². The Morgan fingerprint density at radius 2 is 2.43 bits per heavy atom. The lowest BCUT2D eigenvalue weighted by molar-refractivity contribution is 0.574. The third kappa shape index (κ3) is 1.83. The molecule has 72 valence electrons. The third-order valence-electron chi connectivity index (χ3n) is 1.69. The van der Waals surface area contributed by atoms with Gasteiger partial charge in [0.2, 0.25) is 0 Å². The van der Waals surface area contributed by atoms with Crippen LogP contribution in [-0.4, -0.2) is 18.4 Å². The van der Waals surface area contributed by atoms with E-state index in [2.05, 4.69) is 9.98 Å². The molecule has 0 atom stereocenters. The summed E-state index contributed by atoms with van der Waals surface area (Å²) >= 11 is 6.57. The lowest BCUT2D eigenvalue weighted by atomic mass is 10.3. The summed E-state index contributed by atoms with van der Waals surface area (Å²) in [5.74, 6) is 0.772. The van der Waals surface area contributed by atoms with E-state index >= 15 is 0 Å². The fraction of sp³-hybridized carbons (Fsp3) is 0.111. The van der Waals surface area contributed by atoms with Crippen LogP contribution in [0.3, 0.4) is 0 Å². The van der Waals surface area contributed by atoms with E-state index in [1.165, 1.54) is 17.7 Å². The molecule has 1 aromatic heterocycles. The Morgan fingerprint density at radius 1 is 1.57 bits per heavy atom. The number of rotatable bonds is 2. The van der Waals surface area contributed by atoms with Crippen molar-refractivity contribution in [3.63, 3.8) is 0 Å². The Kier molecular flexibility index (Phi) is 2.60. The van der Waals surface area contributed by atoms with Gasteiger partial charge >= 0.3 is 0 Å². The Labute approximate surface area is 90.1 Å². The van der Waals surface area contributed by atoms with Crippen LogP contribution in [0.5, 0.6) is 5.75 Å². The standard InChI is InChI=1S/C9H8N2OS2/c1-10-5-12-6-2-3-7-8(4-6)14-9(13)11-7/h2-5H,1H3,(H,11,13). The van der Waals surface area contributed by atoms with Gasteiger partial charge < -0.3 is 9.72 Å². The van der Waals surface area contributed by atoms with Gasteiger partial charge in [-0.1, -0.05) is 0 Å². The number of benzene rings is 1. The number of H-pyrrole nitrogens is 1. The minimum atomic E-state index is 0.772. The minimum absolute atomic E-state index is 0.772. The monoisotopic (exact) mass is 224 g/mol. The van der Waals surface area contributed by atoms with E-state index in [1.54, 1.807) is 7.05 Å². The van der Waals surface area contributed by atoms with Crippen LogP contribution in [0.25, 0.3) is 10.2 Å². The lowest BCUT2D eigenvalue weighted by Crippen LogP contribution is -1.87. The molecule has 0 spiro atoms. The van der Waals surface area contributed by atoms with Crippen molar-refractivity contribution in [2.24, 2.45) is 4.99 Å². The average Bonchev–Trinajstić information content (AvgIpc) is 2.54. The molecule has 0 aliphatic rings. The Balaban J connectivity index is 2.45. The molecule has 5 heteroatoms. The van der Waals surface area contributed by atoms with Crippen LogP contribution in [0.1, 0.15) is 0 Å². The van der Waals surface area contributed by atoms with E-state index in [1.807, 2.05) is 18.2 Å². The van der Waals surface area contributed by atoms with Crippen LogP contribution in [-0.2, 0) is 0 Å². The van der Waals surface area contributed by atoms with E-state index < -0.39 is 0 Å². The topological polar surface area (TPSA) is 37.4 Å². The molecule has 0 radical (unpaired) electrons. The number of nitrogens with zero attached hydrogens (tertiary/aromatic N) is 1. The highest BCUT2D eigenvalue weighted by atomic mass is 32.1. The number of hydrogen-bond donors (Lipinski definition) is 1. The fourth-order valence-electron chi connectivity index (χ4n) is 1.11. The van der Waals surface area contributed by atoms with Gasteiger partial charge in [-0.25, -0.2) is 0 Å². The van der Waals surface area contributed by atoms with Crippen LogP contribution in [0.15, 0.2) is 23.2 Å². The number of nitrogens with one attached hydrogen (secondary N) is 1. The van der Waals surface area contributed by atoms with E-state index in [0.717, 1.165) is 19.9 Å². The van der Waals surface area contributed by atoms with Gasteiger partial charge in [-0.05, 0) is 24.4 Å². The van der Waals surface area contributed by atoms with Crippen molar-refractivity contribution in [3.05, 3.63) is 22.2 Å². The minimum Gasteiger partial charge on any atom is -0.446 e. The van der Waals surface area contributed by atoms with Crippen molar-refractivity contribution >= 4 is 40.2 Å². The van der Waals surface area contributed by atoms with Gasteiger partial charge in [0.1, 0.15) is 5.75 Å². The van der Waals surface area contributed by atoms with Gasteiger partial charge in [-0.15, -0.1) is 11.3 Å². The normalized spacial score (nSPS) is 11.2. The van der Waals surface area contributed by atoms with Crippen LogP contribution < -0.4 is 4.74 Å². The maximum Gasteiger partial charge on any atom is 0.176 e. The zero-order chi connectivity index (χ0) is 9.97. The predicted molar refractivity (Wildman–Crippen MR) is 62.1 cm³/mol. The summed E-state index contributed by atoms with van der Waals surface area (Å²) < 4.78 is 7.11. The second kappa shape index (κ2) is 3.89. The van der Waals surface area contributed by atoms with Crippen molar-refractivity contribution in [1.82, 2.24) is 4.98 Å². The number of aromatic nitrogens is 1. The van der Waals surface area contributed by atoms with Crippen molar-refractivity contribution in [1.29, 1.82) is 0 Å². The zero-order valence-corrected chi connectivity index (χ0v) is 9.11. The smallest absolute Gasteiger partial charge is 0.176 e. The van der Waals surface area contributed by atoms with Gasteiger partial charge in [-0.2, -0.15) is 0 Å². The van der Waals surface area contributed by atoms with Crippen LogP contribution >= 0.6 is 23.6 Å². The van der Waals surface area contributed by atoms with Crippen molar-refractivity contribution in [2.75, 3.05) is 7.05 Å². The summed E-state index contributed by atoms with van der Waals surface area (Å²) in [6.07, 6.45) is 1.41. The number of fused-ring (bicyclic) bond motifs is 1. The number of aromatic amines is 1. The number of ether oxygens (including phenoxy) is 1. The summed E-state index contributed by atoms with van der Waals surface area (Å²) in [4.78, 5) is 6.83. The summed E-state index contributed by atoms with van der Waals surface area (Å²) in [6.45, 7) is 0. The van der Waals surface area contributed by atoms with Gasteiger partial charge in [0, 0.05) is 13.1 Å². The van der Waals surface area contributed by atoms with Crippen molar-refractivity contribution in [3.8, 4) is 5.75 Å². The van der Waals surface area contributed by atoms with E-state index in [0.29, 0.717) is 0 Å². The van der Waals surface area contributed by atoms with Crippen molar-refractivity contribution in [2.45, 2.75) is 0 Å². The molecular formula is C9H8N2OS2. The Hall–Kier alpha value is -1.20. The predicted octanol–water partition coefficient (Wildman–Crippen LogP) is 3.00. The molecule has 3 nitrogen and oxygen atoms in total. The lowest BCUT2D eigenvalue weighted by Gasteiger charge is -1.97. The van der Waals surface area contributed by atoms with Gasteiger partial charge in [0.15, 0.2) is 10.4 Å². The van der Waals surface area contributed by atoms with Crippen LogP contribution in [0.4, 0.5) is 0 Å². The first-order valence-corrected chi connectivity index (χ1v) is 5.22. The first-order valence-electron chi connectivity index (χ1n) is 4.00. The quantitative estimate of drug-likeness (QED) is 0.483. The van der Waals surface area contributed by atoms with Gasteiger partial charge in [-0.3, -0.25) is 4.99 Å². The molecule has 0 bridgehead atoms. The molecule has 0 unspecified atom stereocenters. The highest BCUT2D eigenvalue weighted by Gasteiger charge is 1.98. The molecule has 0 saturated carbocycles. The summed E-state index contributed by atoms with van der Waals surface area (Å²) in [5, 5.41) is 0. The Bertz CT molecular complexity index is 527. The molecule has 1 N–H and O–H groups in total. The summed E-state index contributed by atoms with van der Waals surface area (Å²) in [5.41, 5.74) is 1.04.